The molecule has 0 aromatic heterocycles. The molecule has 0 aromatic rings. The Balaban J connectivity index is 1.49. The molecular formula is C10H18O4. The van der Waals surface area contributed by atoms with E-state index in [9.17, 15) is 0 Å². The average molecular weight is 202 g/mol. The molecule has 4 heteroatoms. The number of epoxide rings is 1. The van der Waals surface area contributed by atoms with Gasteiger partial charge in [-0.25, -0.2) is 0 Å². The van der Waals surface area contributed by atoms with Crippen LogP contribution in [0.4, 0.5) is 0 Å². The summed E-state index contributed by atoms with van der Waals surface area (Å²) in [5, 5.41) is 8.99. The Labute approximate surface area is 84.1 Å². The molecule has 1 heterocycles. The van der Waals surface area contributed by atoms with Crippen LogP contribution in [-0.2, 0) is 14.2 Å². The summed E-state index contributed by atoms with van der Waals surface area (Å²) in [6.45, 7) is 2.72. The van der Waals surface area contributed by atoms with Gasteiger partial charge >= 0.3 is 0 Å². The number of hydrogen-bond acceptors (Lipinski definition) is 4. The fraction of sp³-hybridized carbons (Fsp3) is 1.00. The molecule has 0 bridgehead atoms. The molecule has 0 amide bonds. The van der Waals surface area contributed by atoms with E-state index >= 15 is 0 Å². The lowest BCUT2D eigenvalue weighted by atomic mass is 10.4. The van der Waals surface area contributed by atoms with Gasteiger partial charge in [0.1, 0.15) is 12.2 Å². The molecule has 1 aliphatic heterocycles. The molecule has 4 nitrogen and oxygen atoms in total. The van der Waals surface area contributed by atoms with E-state index in [2.05, 4.69) is 0 Å². The van der Waals surface area contributed by atoms with Gasteiger partial charge in [-0.15, -0.1) is 0 Å². The fourth-order valence-corrected chi connectivity index (χ4v) is 1.21. The van der Waals surface area contributed by atoms with Crippen molar-refractivity contribution in [2.45, 2.75) is 25.0 Å². The normalized spacial score (nSPS) is 27.6. The molecule has 0 spiro atoms. The van der Waals surface area contributed by atoms with Gasteiger partial charge in [0, 0.05) is 6.61 Å². The van der Waals surface area contributed by atoms with Gasteiger partial charge in [0.15, 0.2) is 0 Å². The first kappa shape index (κ1) is 10.4. The lowest BCUT2D eigenvalue weighted by molar-refractivity contribution is -0.0478. The van der Waals surface area contributed by atoms with Crippen molar-refractivity contribution < 1.29 is 19.3 Å². The number of ether oxygens (including phenoxy) is 3. The first-order valence-corrected chi connectivity index (χ1v) is 5.30. The van der Waals surface area contributed by atoms with E-state index in [1.165, 1.54) is 12.8 Å². The SMILES string of the molecule is OCC(COCC1CC1)OCC1CO1. The largest absolute Gasteiger partial charge is 0.394 e. The second kappa shape index (κ2) is 5.07. The number of hydrogen-bond donors (Lipinski definition) is 1. The Morgan fingerprint density at radius 3 is 2.71 bits per heavy atom. The zero-order chi connectivity index (χ0) is 9.80. The quantitative estimate of drug-likeness (QED) is 0.571. The summed E-state index contributed by atoms with van der Waals surface area (Å²) >= 11 is 0. The summed E-state index contributed by atoms with van der Waals surface area (Å²) in [5.74, 6) is 0.765. The maximum absolute atomic E-state index is 8.99. The lowest BCUT2D eigenvalue weighted by Gasteiger charge is -2.14. The van der Waals surface area contributed by atoms with E-state index in [-0.39, 0.29) is 18.8 Å². The van der Waals surface area contributed by atoms with Gasteiger partial charge in [-0.05, 0) is 18.8 Å². The van der Waals surface area contributed by atoms with Crippen molar-refractivity contribution in [3.05, 3.63) is 0 Å². The molecule has 1 saturated heterocycles. The molecule has 82 valence electrons. The zero-order valence-electron chi connectivity index (χ0n) is 8.35. The summed E-state index contributed by atoms with van der Waals surface area (Å²) in [5.41, 5.74) is 0. The first-order chi connectivity index (χ1) is 6.88. The molecule has 2 atom stereocenters. The van der Waals surface area contributed by atoms with E-state index in [1.807, 2.05) is 0 Å². The van der Waals surface area contributed by atoms with Crippen molar-refractivity contribution in [3.63, 3.8) is 0 Å². The van der Waals surface area contributed by atoms with Gasteiger partial charge < -0.3 is 19.3 Å². The standard InChI is InChI=1S/C10H18O4/c11-3-9(13-6-10-7-14-10)5-12-4-8-1-2-8/h8-11H,1-7H2. The second-order valence-electron chi connectivity index (χ2n) is 4.07. The number of aliphatic hydroxyl groups excluding tert-OH is 1. The van der Waals surface area contributed by atoms with Crippen LogP contribution in [0.5, 0.6) is 0 Å². The Kier molecular flexibility index (Phi) is 3.75. The summed E-state index contributed by atoms with van der Waals surface area (Å²) in [4.78, 5) is 0. The van der Waals surface area contributed by atoms with E-state index in [1.54, 1.807) is 0 Å². The van der Waals surface area contributed by atoms with Crippen LogP contribution in [0.15, 0.2) is 0 Å². The molecule has 1 aliphatic carbocycles. The molecule has 0 aromatic carbocycles. The van der Waals surface area contributed by atoms with E-state index in [0.717, 1.165) is 19.1 Å². The molecular weight excluding hydrogens is 184 g/mol. The van der Waals surface area contributed by atoms with Crippen LogP contribution >= 0.6 is 0 Å². The fourth-order valence-electron chi connectivity index (χ4n) is 1.21. The van der Waals surface area contributed by atoms with Crippen LogP contribution in [-0.4, -0.2) is 50.3 Å². The second-order valence-corrected chi connectivity index (χ2v) is 4.07. The minimum absolute atomic E-state index is 0.0252. The van der Waals surface area contributed by atoms with Crippen LogP contribution in [0.25, 0.3) is 0 Å². The Hall–Kier alpha value is -0.160. The highest BCUT2D eigenvalue weighted by molar-refractivity contribution is 4.72. The minimum atomic E-state index is -0.182. The average Bonchev–Trinajstić information content (AvgIpc) is 3.01. The third kappa shape index (κ3) is 3.92. The van der Waals surface area contributed by atoms with Gasteiger partial charge in [0.2, 0.25) is 0 Å². The Morgan fingerprint density at radius 2 is 2.14 bits per heavy atom. The number of rotatable bonds is 8. The van der Waals surface area contributed by atoms with Gasteiger partial charge in [0.05, 0.1) is 26.4 Å². The molecule has 2 unspecified atom stereocenters. The lowest BCUT2D eigenvalue weighted by Crippen LogP contribution is -2.26. The Bertz CT molecular complexity index is 166. The van der Waals surface area contributed by atoms with Gasteiger partial charge in [-0.3, -0.25) is 0 Å². The van der Waals surface area contributed by atoms with Crippen LogP contribution in [0.3, 0.4) is 0 Å². The van der Waals surface area contributed by atoms with Crippen LogP contribution < -0.4 is 0 Å². The Morgan fingerprint density at radius 1 is 1.36 bits per heavy atom. The minimum Gasteiger partial charge on any atom is -0.394 e. The summed E-state index contributed by atoms with van der Waals surface area (Å²) in [6, 6.07) is 0. The van der Waals surface area contributed by atoms with Crippen molar-refractivity contribution in [1.29, 1.82) is 0 Å². The van der Waals surface area contributed by atoms with Crippen LogP contribution in [0, 0.1) is 5.92 Å². The summed E-state index contributed by atoms with van der Waals surface area (Å²) < 4.78 is 15.9. The van der Waals surface area contributed by atoms with Gasteiger partial charge in [-0.1, -0.05) is 0 Å². The smallest absolute Gasteiger partial charge is 0.104 e. The first-order valence-electron chi connectivity index (χ1n) is 5.30. The predicted octanol–water partition coefficient (Wildman–Crippen LogP) is 0.189. The van der Waals surface area contributed by atoms with Crippen molar-refractivity contribution in [2.24, 2.45) is 5.92 Å². The maximum Gasteiger partial charge on any atom is 0.104 e. The molecule has 14 heavy (non-hydrogen) atoms. The van der Waals surface area contributed by atoms with E-state index in [0.29, 0.717) is 13.2 Å². The summed E-state index contributed by atoms with van der Waals surface area (Å²) in [7, 11) is 0. The van der Waals surface area contributed by atoms with Crippen LogP contribution in [0.2, 0.25) is 0 Å². The maximum atomic E-state index is 8.99. The molecule has 2 rings (SSSR count). The highest BCUT2D eigenvalue weighted by Gasteiger charge is 2.25. The van der Waals surface area contributed by atoms with Crippen molar-refractivity contribution in [3.8, 4) is 0 Å². The van der Waals surface area contributed by atoms with Crippen molar-refractivity contribution in [1.82, 2.24) is 0 Å². The molecule has 1 saturated carbocycles. The molecule has 0 radical (unpaired) electrons. The topological polar surface area (TPSA) is 51.2 Å². The van der Waals surface area contributed by atoms with Crippen molar-refractivity contribution in [2.75, 3.05) is 33.0 Å². The van der Waals surface area contributed by atoms with Crippen LogP contribution in [0.1, 0.15) is 12.8 Å². The third-order valence-corrected chi connectivity index (χ3v) is 2.48. The van der Waals surface area contributed by atoms with Gasteiger partial charge in [-0.2, -0.15) is 0 Å². The molecule has 2 fully saturated rings. The van der Waals surface area contributed by atoms with Crippen molar-refractivity contribution >= 4 is 0 Å². The highest BCUT2D eigenvalue weighted by Crippen LogP contribution is 2.28. The monoisotopic (exact) mass is 202 g/mol. The molecule has 2 aliphatic rings. The zero-order valence-corrected chi connectivity index (χ0v) is 8.35. The summed E-state index contributed by atoms with van der Waals surface area (Å²) in [6.07, 6.45) is 2.66. The van der Waals surface area contributed by atoms with Gasteiger partial charge in [0.25, 0.3) is 0 Å². The third-order valence-electron chi connectivity index (χ3n) is 2.48. The highest BCUT2D eigenvalue weighted by atomic mass is 16.6. The molecule has 1 N–H and O–H groups in total. The predicted molar refractivity (Wildman–Crippen MR) is 50.1 cm³/mol. The van der Waals surface area contributed by atoms with E-state index in [4.69, 9.17) is 19.3 Å². The number of aliphatic hydroxyl groups is 1. The van der Waals surface area contributed by atoms with E-state index < -0.39 is 0 Å².